The summed E-state index contributed by atoms with van der Waals surface area (Å²) in [5, 5.41) is 14.5. The molecular formula is C47H45IrN2O2-. The van der Waals surface area contributed by atoms with Crippen molar-refractivity contribution < 1.29 is 30.0 Å². The topological polar surface area (TPSA) is 55.1 Å². The van der Waals surface area contributed by atoms with Crippen molar-refractivity contribution in [2.24, 2.45) is 10.8 Å². The van der Waals surface area contributed by atoms with Crippen LogP contribution in [0, 0.1) is 16.9 Å². The number of aliphatic hydroxyl groups is 1. The zero-order valence-corrected chi connectivity index (χ0v) is 33.5. The van der Waals surface area contributed by atoms with Gasteiger partial charge < -0.3 is 14.7 Å². The van der Waals surface area contributed by atoms with Crippen LogP contribution in [0.1, 0.15) is 66.5 Å². The number of ketones is 1. The molecule has 0 fully saturated rings. The number of allylic oxidation sites excluding steroid dienone is 2. The van der Waals surface area contributed by atoms with Gasteiger partial charge >= 0.3 is 0 Å². The Labute approximate surface area is 320 Å². The molecule has 0 atom stereocenters. The molecule has 52 heavy (non-hydrogen) atoms. The van der Waals surface area contributed by atoms with E-state index in [2.05, 4.69) is 128 Å². The van der Waals surface area contributed by atoms with E-state index in [1.54, 1.807) is 0 Å². The van der Waals surface area contributed by atoms with Gasteiger partial charge in [-0.1, -0.05) is 122 Å². The Morgan fingerprint density at radius 2 is 1.42 bits per heavy atom. The van der Waals surface area contributed by atoms with Crippen molar-refractivity contribution in [2.75, 3.05) is 0 Å². The SMILES string of the molecule is CC(C)(C)C(=O)C=C(O)C(C)(C)C.CC1(C)c2ccccc2-n2c3ccc(-c4cc[c-]c(-c5nccc6ccccc56)c4)cc3c3cccc1c32.[Ir]. The van der Waals surface area contributed by atoms with Crippen molar-refractivity contribution in [3.63, 3.8) is 0 Å². The average Bonchev–Trinajstić information content (AvgIpc) is 3.44. The number of fused-ring (bicyclic) bond motifs is 6. The minimum Gasteiger partial charge on any atom is -0.512 e. The minimum absolute atomic E-state index is 0. The van der Waals surface area contributed by atoms with E-state index in [0.29, 0.717) is 0 Å². The van der Waals surface area contributed by atoms with E-state index in [9.17, 15) is 9.90 Å². The molecule has 0 aliphatic carbocycles. The van der Waals surface area contributed by atoms with Crippen molar-refractivity contribution >= 4 is 38.4 Å². The Hall–Kier alpha value is -4.83. The predicted octanol–water partition coefficient (Wildman–Crippen LogP) is 12.2. The summed E-state index contributed by atoms with van der Waals surface area (Å²) in [6.45, 7) is 15.8. The molecule has 0 spiro atoms. The van der Waals surface area contributed by atoms with Gasteiger partial charge in [0.05, 0.1) is 16.7 Å². The Balaban J connectivity index is 0.000000287. The summed E-state index contributed by atoms with van der Waals surface area (Å²) in [6, 6.07) is 42.8. The number of carbonyl (C=O) groups excluding carboxylic acids is 1. The molecule has 265 valence electrons. The molecule has 0 saturated heterocycles. The Kier molecular flexibility index (Phi) is 9.67. The maximum absolute atomic E-state index is 11.5. The van der Waals surface area contributed by atoms with Crippen LogP contribution in [0.2, 0.25) is 0 Å². The van der Waals surface area contributed by atoms with Gasteiger partial charge in [0.2, 0.25) is 0 Å². The molecule has 0 bridgehead atoms. The maximum Gasteiger partial charge on any atom is 0.164 e. The molecule has 5 aromatic carbocycles. The number of hydrogen-bond donors (Lipinski definition) is 1. The van der Waals surface area contributed by atoms with Crippen LogP contribution < -0.4 is 0 Å². The molecule has 2 aromatic heterocycles. The van der Waals surface area contributed by atoms with E-state index in [1.807, 2.05) is 53.8 Å². The van der Waals surface area contributed by atoms with Crippen LogP contribution in [0.4, 0.5) is 0 Å². The summed E-state index contributed by atoms with van der Waals surface area (Å²) < 4.78 is 2.47. The van der Waals surface area contributed by atoms with Crippen LogP contribution in [0.5, 0.6) is 0 Å². The third kappa shape index (κ3) is 6.53. The van der Waals surface area contributed by atoms with E-state index >= 15 is 0 Å². The summed E-state index contributed by atoms with van der Waals surface area (Å²) in [5.74, 6) is 0.104. The fourth-order valence-corrected chi connectivity index (χ4v) is 7.02. The van der Waals surface area contributed by atoms with E-state index in [0.717, 1.165) is 16.6 Å². The molecule has 3 heterocycles. The van der Waals surface area contributed by atoms with Crippen LogP contribution in [-0.4, -0.2) is 20.4 Å². The summed E-state index contributed by atoms with van der Waals surface area (Å²) in [6.07, 6.45) is 3.22. The van der Waals surface area contributed by atoms with E-state index < -0.39 is 5.41 Å². The third-order valence-electron chi connectivity index (χ3n) is 10.1. The van der Waals surface area contributed by atoms with Crippen LogP contribution in [-0.2, 0) is 30.3 Å². The number of rotatable bonds is 3. The number of aromatic nitrogens is 2. The molecule has 1 radical (unpaired) electrons. The van der Waals surface area contributed by atoms with Gasteiger partial charge in [0.15, 0.2) is 5.78 Å². The molecule has 1 aliphatic heterocycles. The molecule has 0 saturated carbocycles. The van der Waals surface area contributed by atoms with Gasteiger partial charge in [-0.15, -0.1) is 35.4 Å². The Bertz CT molecular complexity index is 2500. The zero-order chi connectivity index (χ0) is 36.3. The fourth-order valence-electron chi connectivity index (χ4n) is 7.02. The first kappa shape index (κ1) is 36.9. The van der Waals surface area contributed by atoms with Crippen LogP contribution in [0.3, 0.4) is 0 Å². The molecule has 5 heteroatoms. The number of benzene rings is 5. The monoisotopic (exact) mass is 862 g/mol. The van der Waals surface area contributed by atoms with Crippen molar-refractivity contribution in [1.29, 1.82) is 0 Å². The predicted molar refractivity (Wildman–Crippen MR) is 213 cm³/mol. The van der Waals surface area contributed by atoms with Gasteiger partial charge in [-0.25, -0.2) is 0 Å². The molecular weight excluding hydrogens is 817 g/mol. The van der Waals surface area contributed by atoms with Crippen LogP contribution in [0.25, 0.3) is 60.6 Å². The molecule has 0 unspecified atom stereocenters. The number of aliphatic hydroxyl groups excluding tert-OH is 1. The van der Waals surface area contributed by atoms with Gasteiger partial charge in [-0.05, 0) is 57.4 Å². The molecule has 7 aromatic rings. The Morgan fingerprint density at radius 3 is 2.17 bits per heavy atom. The van der Waals surface area contributed by atoms with E-state index in [1.165, 1.54) is 61.2 Å². The number of pyridine rings is 1. The van der Waals surface area contributed by atoms with Gasteiger partial charge in [0.1, 0.15) is 5.76 Å². The van der Waals surface area contributed by atoms with Gasteiger partial charge in [-0.3, -0.25) is 4.79 Å². The third-order valence-corrected chi connectivity index (χ3v) is 10.1. The number of hydrogen-bond acceptors (Lipinski definition) is 3. The first-order chi connectivity index (χ1) is 24.2. The second-order valence-electron chi connectivity index (χ2n) is 16.2. The minimum atomic E-state index is -0.417. The smallest absolute Gasteiger partial charge is 0.164 e. The fraction of sp³-hybridized carbons (Fsp3) is 0.234. The zero-order valence-electron chi connectivity index (χ0n) is 31.1. The number of nitrogens with zero attached hydrogens (tertiary/aromatic N) is 2. The summed E-state index contributed by atoms with van der Waals surface area (Å²) in [7, 11) is 0. The molecule has 0 amide bonds. The average molecular weight is 862 g/mol. The first-order valence-corrected chi connectivity index (χ1v) is 17.7. The molecule has 1 aliphatic rings. The summed E-state index contributed by atoms with van der Waals surface area (Å²) >= 11 is 0. The Morgan fingerprint density at radius 1 is 0.750 bits per heavy atom. The molecule has 1 N–H and O–H groups in total. The van der Waals surface area contributed by atoms with Crippen LogP contribution in [0.15, 0.2) is 127 Å². The van der Waals surface area contributed by atoms with Crippen molar-refractivity contribution in [3.8, 4) is 28.1 Å². The maximum atomic E-state index is 11.5. The van der Waals surface area contributed by atoms with Crippen LogP contribution >= 0.6 is 0 Å². The van der Waals surface area contributed by atoms with Crippen molar-refractivity contribution in [3.05, 3.63) is 144 Å². The van der Waals surface area contributed by atoms with Crippen molar-refractivity contribution in [2.45, 2.75) is 60.8 Å². The second-order valence-corrected chi connectivity index (χ2v) is 16.2. The van der Waals surface area contributed by atoms with Gasteiger partial charge in [-0.2, -0.15) is 0 Å². The molecule has 4 nitrogen and oxygen atoms in total. The van der Waals surface area contributed by atoms with Gasteiger partial charge in [0.25, 0.3) is 0 Å². The van der Waals surface area contributed by atoms with Gasteiger partial charge in [0, 0.05) is 59.4 Å². The van der Waals surface area contributed by atoms with E-state index in [-0.39, 0.29) is 42.5 Å². The van der Waals surface area contributed by atoms with Crippen molar-refractivity contribution in [1.82, 2.24) is 9.55 Å². The number of carbonyl (C=O) groups is 1. The second kappa shape index (κ2) is 13.6. The normalized spacial score (nSPS) is 13.7. The molecule has 8 rings (SSSR count). The number of para-hydroxylation sites is 2. The standard InChI is InChI=1S/C36H25N2.C11H20O2.Ir/c1-36(2)30-14-5-6-16-33(30)38-32-18-17-25(22-29(32)28-13-8-15-31(36)35(28)38)24-10-7-11-26(21-24)34-27-12-4-3-9-23(27)19-20-37-34;1-10(2,3)8(12)7-9(13)11(4,5)6;/h3-10,12-22H,1-2H3;7,12H,1-6H3;/q-1;;. The summed E-state index contributed by atoms with van der Waals surface area (Å²) in [5.41, 5.74) is 10.1. The van der Waals surface area contributed by atoms with E-state index in [4.69, 9.17) is 4.98 Å². The summed E-state index contributed by atoms with van der Waals surface area (Å²) in [4.78, 5) is 16.2. The quantitative estimate of drug-likeness (QED) is 0.109. The first-order valence-electron chi connectivity index (χ1n) is 17.7. The largest absolute Gasteiger partial charge is 0.512 e.